The van der Waals surface area contributed by atoms with E-state index in [9.17, 15) is 0 Å². The minimum absolute atomic E-state index is 0.716. The molecular formula is C11H15N. The van der Waals surface area contributed by atoms with Crippen molar-refractivity contribution in [1.82, 2.24) is 0 Å². The van der Waals surface area contributed by atoms with E-state index in [0.717, 1.165) is 12.0 Å². The fraction of sp³-hybridized carbons (Fsp3) is 0.364. The highest BCUT2D eigenvalue weighted by atomic mass is 14.2. The van der Waals surface area contributed by atoms with Crippen LogP contribution in [-0.2, 0) is 0 Å². The van der Waals surface area contributed by atoms with Crippen LogP contribution in [0.2, 0.25) is 0 Å². The molecule has 0 aliphatic rings. The molecule has 0 saturated carbocycles. The molecule has 0 aromatic heterocycles. The summed E-state index contributed by atoms with van der Waals surface area (Å²) in [7, 11) is 0. The zero-order chi connectivity index (χ0) is 9.40. The lowest BCUT2D eigenvalue weighted by molar-refractivity contribution is 1.22. The summed E-state index contributed by atoms with van der Waals surface area (Å²) in [6.07, 6.45) is 8.83. The third kappa shape index (κ3) is 4.51. The van der Waals surface area contributed by atoms with Crippen LogP contribution in [0.4, 0.5) is 0 Å². The minimum Gasteiger partial charge on any atom is -0.192 e. The topological polar surface area (TPSA) is 23.8 Å². The van der Waals surface area contributed by atoms with Crippen LogP contribution in [0.3, 0.4) is 0 Å². The van der Waals surface area contributed by atoms with Gasteiger partial charge in [-0.15, -0.1) is 0 Å². The van der Waals surface area contributed by atoms with Crippen molar-refractivity contribution >= 4 is 0 Å². The van der Waals surface area contributed by atoms with E-state index < -0.39 is 0 Å². The lowest BCUT2D eigenvalue weighted by Crippen LogP contribution is -1.73. The normalized spacial score (nSPS) is 13.5. The SMILES string of the molecule is C\C=C(C#N)/C=C(C)\C=C\CC. The molecule has 64 valence electrons. The van der Waals surface area contributed by atoms with Crippen molar-refractivity contribution in [2.24, 2.45) is 0 Å². The van der Waals surface area contributed by atoms with Crippen molar-refractivity contribution in [3.8, 4) is 6.07 Å². The average molecular weight is 161 g/mol. The number of allylic oxidation sites excluding steroid dienone is 6. The number of nitrogens with zero attached hydrogens (tertiary/aromatic N) is 1. The smallest absolute Gasteiger partial charge is 0.0988 e. The third-order valence-electron chi connectivity index (χ3n) is 1.44. The van der Waals surface area contributed by atoms with Crippen molar-refractivity contribution in [1.29, 1.82) is 5.26 Å². The maximum absolute atomic E-state index is 8.61. The quantitative estimate of drug-likeness (QED) is 0.460. The van der Waals surface area contributed by atoms with Gasteiger partial charge in [-0.05, 0) is 26.3 Å². The van der Waals surface area contributed by atoms with Gasteiger partial charge < -0.3 is 0 Å². The first-order valence-corrected chi connectivity index (χ1v) is 4.15. The van der Waals surface area contributed by atoms with E-state index in [1.807, 2.05) is 32.1 Å². The zero-order valence-corrected chi connectivity index (χ0v) is 7.96. The molecule has 0 amide bonds. The maximum atomic E-state index is 8.61. The molecule has 0 unspecified atom stereocenters. The number of nitriles is 1. The highest BCUT2D eigenvalue weighted by Gasteiger charge is 1.86. The van der Waals surface area contributed by atoms with Gasteiger partial charge in [0.1, 0.15) is 0 Å². The van der Waals surface area contributed by atoms with Crippen molar-refractivity contribution < 1.29 is 0 Å². The molecule has 0 bridgehead atoms. The Labute approximate surface area is 74.7 Å². The Kier molecular flexibility index (Phi) is 5.73. The largest absolute Gasteiger partial charge is 0.192 e. The summed E-state index contributed by atoms with van der Waals surface area (Å²) in [5.74, 6) is 0. The zero-order valence-electron chi connectivity index (χ0n) is 7.96. The third-order valence-corrected chi connectivity index (χ3v) is 1.44. The summed E-state index contributed by atoms with van der Waals surface area (Å²) in [6, 6.07) is 2.11. The molecule has 0 atom stereocenters. The van der Waals surface area contributed by atoms with Gasteiger partial charge in [0.15, 0.2) is 0 Å². The van der Waals surface area contributed by atoms with E-state index in [1.165, 1.54) is 0 Å². The second kappa shape index (κ2) is 6.42. The summed E-state index contributed by atoms with van der Waals surface area (Å²) >= 11 is 0. The molecule has 0 fully saturated rings. The van der Waals surface area contributed by atoms with E-state index in [4.69, 9.17) is 5.26 Å². The predicted molar refractivity (Wildman–Crippen MR) is 52.6 cm³/mol. The van der Waals surface area contributed by atoms with Gasteiger partial charge in [-0.3, -0.25) is 0 Å². The fourth-order valence-corrected chi connectivity index (χ4v) is 0.777. The van der Waals surface area contributed by atoms with Crippen molar-refractivity contribution in [3.63, 3.8) is 0 Å². The first-order chi connectivity index (χ1) is 5.74. The number of hydrogen-bond donors (Lipinski definition) is 0. The van der Waals surface area contributed by atoms with Gasteiger partial charge in [-0.25, -0.2) is 0 Å². The first kappa shape index (κ1) is 10.7. The van der Waals surface area contributed by atoms with E-state index in [0.29, 0.717) is 5.57 Å². The van der Waals surface area contributed by atoms with Crippen LogP contribution in [0.15, 0.2) is 35.5 Å². The average Bonchev–Trinajstić information content (AvgIpc) is 2.10. The fourth-order valence-electron chi connectivity index (χ4n) is 0.777. The summed E-state index contributed by atoms with van der Waals surface area (Å²) in [5, 5.41) is 8.61. The van der Waals surface area contributed by atoms with Crippen LogP contribution >= 0.6 is 0 Å². The lowest BCUT2D eigenvalue weighted by Gasteiger charge is -1.90. The van der Waals surface area contributed by atoms with Crippen LogP contribution in [-0.4, -0.2) is 0 Å². The molecule has 0 heterocycles. The van der Waals surface area contributed by atoms with Gasteiger partial charge in [-0.1, -0.05) is 30.7 Å². The van der Waals surface area contributed by atoms with Gasteiger partial charge in [0.25, 0.3) is 0 Å². The van der Waals surface area contributed by atoms with Gasteiger partial charge in [-0.2, -0.15) is 5.26 Å². The van der Waals surface area contributed by atoms with Crippen LogP contribution in [0.5, 0.6) is 0 Å². The van der Waals surface area contributed by atoms with Crippen molar-refractivity contribution in [2.45, 2.75) is 27.2 Å². The predicted octanol–water partition coefficient (Wildman–Crippen LogP) is 3.37. The van der Waals surface area contributed by atoms with E-state index in [1.54, 1.807) is 0 Å². The van der Waals surface area contributed by atoms with Gasteiger partial charge in [0, 0.05) is 5.57 Å². The monoisotopic (exact) mass is 161 g/mol. The number of rotatable bonds is 3. The molecule has 12 heavy (non-hydrogen) atoms. The Bertz CT molecular complexity index is 249. The highest BCUT2D eigenvalue weighted by molar-refractivity contribution is 5.37. The second-order valence-electron chi connectivity index (χ2n) is 2.55. The first-order valence-electron chi connectivity index (χ1n) is 4.15. The minimum atomic E-state index is 0.716. The molecule has 0 saturated heterocycles. The van der Waals surface area contributed by atoms with Gasteiger partial charge in [0.2, 0.25) is 0 Å². The molecular weight excluding hydrogens is 146 g/mol. The Morgan fingerprint density at radius 1 is 1.50 bits per heavy atom. The summed E-state index contributed by atoms with van der Waals surface area (Å²) in [4.78, 5) is 0. The lowest BCUT2D eigenvalue weighted by atomic mass is 10.1. The Morgan fingerprint density at radius 3 is 2.58 bits per heavy atom. The molecule has 1 heteroatoms. The van der Waals surface area contributed by atoms with Gasteiger partial charge >= 0.3 is 0 Å². The number of hydrogen-bond acceptors (Lipinski definition) is 1. The standard InChI is InChI=1S/C11H15N/c1-4-6-7-10(3)8-11(5-2)9-12/h5-8H,4H2,1-3H3/b7-6+,10-8-,11-5+. The molecule has 0 rings (SSSR count). The molecule has 1 nitrogen and oxygen atoms in total. The van der Waals surface area contributed by atoms with Gasteiger partial charge in [0.05, 0.1) is 6.07 Å². The molecule has 0 spiro atoms. The van der Waals surface area contributed by atoms with Crippen molar-refractivity contribution in [3.05, 3.63) is 35.5 Å². The Morgan fingerprint density at radius 2 is 2.17 bits per heavy atom. The molecule has 0 aromatic rings. The molecule has 0 radical (unpaired) electrons. The molecule has 0 aliphatic heterocycles. The van der Waals surface area contributed by atoms with E-state index in [-0.39, 0.29) is 0 Å². The highest BCUT2D eigenvalue weighted by Crippen LogP contribution is 2.02. The van der Waals surface area contributed by atoms with Crippen molar-refractivity contribution in [2.75, 3.05) is 0 Å². The van der Waals surface area contributed by atoms with E-state index >= 15 is 0 Å². The summed E-state index contributed by atoms with van der Waals surface area (Å²) in [5.41, 5.74) is 1.83. The Balaban J connectivity index is 4.37. The molecule has 0 aromatic carbocycles. The molecule has 0 aliphatic carbocycles. The van der Waals surface area contributed by atoms with Crippen LogP contribution in [0, 0.1) is 11.3 Å². The molecule has 0 N–H and O–H groups in total. The summed E-state index contributed by atoms with van der Waals surface area (Å²) in [6.45, 7) is 5.95. The van der Waals surface area contributed by atoms with Crippen LogP contribution in [0.25, 0.3) is 0 Å². The van der Waals surface area contributed by atoms with E-state index in [2.05, 4.69) is 19.1 Å². The second-order valence-corrected chi connectivity index (χ2v) is 2.55. The Hall–Kier alpha value is -1.29. The summed E-state index contributed by atoms with van der Waals surface area (Å²) < 4.78 is 0. The van der Waals surface area contributed by atoms with Crippen LogP contribution < -0.4 is 0 Å². The van der Waals surface area contributed by atoms with Crippen LogP contribution in [0.1, 0.15) is 27.2 Å². The maximum Gasteiger partial charge on any atom is 0.0988 e.